The maximum Gasteiger partial charge on any atom is 1.00 e. The molecule has 0 aliphatic rings. The molecule has 0 aromatic heterocycles. The van der Waals surface area contributed by atoms with Crippen LogP contribution in [0.2, 0.25) is 4.05 Å². The molecule has 7 heavy (non-hydrogen) atoms. The van der Waals surface area contributed by atoms with Crippen LogP contribution in [-0.4, -0.2) is 21.7 Å². The molecule has 0 heterocycles. The molecule has 0 saturated carbocycles. The van der Waals surface area contributed by atoms with Gasteiger partial charge in [-0.1, -0.05) is 0 Å². The second-order valence-electron chi connectivity index (χ2n) is 1.39. The van der Waals surface area contributed by atoms with E-state index < -0.39 is 0 Å². The minimum atomic E-state index is 0. The van der Waals surface area contributed by atoms with Crippen LogP contribution in [-0.2, 0) is 0 Å². The average molecular weight is 177 g/mol. The van der Waals surface area contributed by atoms with Gasteiger partial charge < -0.3 is 24.8 Å². The van der Waals surface area contributed by atoms with Gasteiger partial charge in [-0.3, -0.25) is 0 Å². The number of halogens is 2. The summed E-state index contributed by atoms with van der Waals surface area (Å²) in [5, 5.41) is 0. The summed E-state index contributed by atoms with van der Waals surface area (Å²) in [6.45, 7) is 4.36. The van der Waals surface area contributed by atoms with Crippen LogP contribution in [0.15, 0.2) is 0 Å². The van der Waals surface area contributed by atoms with Crippen molar-refractivity contribution in [3.8, 4) is 0 Å². The van der Waals surface area contributed by atoms with Gasteiger partial charge in [-0.15, -0.1) is 0 Å². The van der Waals surface area contributed by atoms with E-state index in [1.165, 1.54) is 0 Å². The third-order valence-corrected chi connectivity index (χ3v) is 0. The first-order valence-corrected chi connectivity index (χ1v) is 2.38. The molecule has 4 heteroatoms. The zero-order valence-corrected chi connectivity index (χ0v) is 11.1. The third-order valence-electron chi connectivity index (χ3n) is 0. The Morgan fingerprint density at radius 3 is 1.14 bits per heavy atom. The van der Waals surface area contributed by atoms with Gasteiger partial charge >= 0.3 is 91.0 Å². The maximum absolute atomic E-state index is 2.18. The van der Waals surface area contributed by atoms with E-state index in [-0.39, 0.29) is 76.2 Å². The van der Waals surface area contributed by atoms with E-state index in [0.29, 0.717) is 0 Å². The molecular weight excluding hydrogens is 170 g/mol. The molecule has 0 saturated heterocycles. The van der Waals surface area contributed by atoms with Crippen LogP contribution in [0.1, 0.15) is 13.8 Å². The largest absolute Gasteiger partial charge is 1.00 e. The Morgan fingerprint density at radius 1 is 1.14 bits per heavy atom. The Balaban J connectivity index is -0.0000000150. The van der Waals surface area contributed by atoms with Crippen LogP contribution in [0.3, 0.4) is 0 Å². The first kappa shape index (κ1) is 22.5. The van der Waals surface area contributed by atoms with Gasteiger partial charge in [0.25, 0.3) is 0 Å². The molecule has 0 aliphatic heterocycles. The van der Waals surface area contributed by atoms with Crippen molar-refractivity contribution in [2.75, 3.05) is 0 Å². The number of hydrogen-bond acceptors (Lipinski definition) is 0. The summed E-state index contributed by atoms with van der Waals surface area (Å²) in [5.41, 5.74) is 0. The molecule has 0 aromatic rings. The third kappa shape index (κ3) is 49.2. The van der Waals surface area contributed by atoms with Crippen molar-refractivity contribution in [2.24, 2.45) is 0 Å². The van der Waals surface area contributed by atoms with E-state index in [2.05, 4.69) is 13.8 Å². The first-order valence-electron chi connectivity index (χ1n) is 1.56. The van der Waals surface area contributed by atoms with Crippen molar-refractivity contribution in [3.63, 3.8) is 0 Å². The predicted octanol–water partition coefficient (Wildman–Crippen LogP) is -8.00. The summed E-state index contributed by atoms with van der Waals surface area (Å²) in [5.74, 6) is 0. The zero-order valence-electron chi connectivity index (χ0n) is 5.04. The monoisotopic (exact) mass is 176 g/mol. The topological polar surface area (TPSA) is 0 Å². The molecule has 0 atom stereocenters. The summed E-state index contributed by atoms with van der Waals surface area (Å²) < 4.78 is 0.861. The van der Waals surface area contributed by atoms with Crippen LogP contribution in [0.5, 0.6) is 0 Å². The summed E-state index contributed by atoms with van der Waals surface area (Å²) in [6, 6.07) is 0. The Bertz CT molecular complexity index is 17.7. The van der Waals surface area contributed by atoms with Gasteiger partial charge in [0, 0.05) is 0 Å². The molecule has 0 aromatic carbocycles. The zero-order chi connectivity index (χ0) is 3.58. The van der Waals surface area contributed by atoms with Gasteiger partial charge in [0.15, 0.2) is 0 Å². The van der Waals surface area contributed by atoms with Crippen molar-refractivity contribution >= 4 is 21.7 Å². The molecule has 0 spiro atoms. The Hall–Kier alpha value is 2.98. The van der Waals surface area contributed by atoms with Crippen molar-refractivity contribution in [1.82, 2.24) is 0 Å². The number of rotatable bonds is 0. The van der Waals surface area contributed by atoms with E-state index in [0.717, 1.165) is 4.05 Å². The molecule has 0 rings (SSSR count). The Morgan fingerprint density at radius 2 is 1.14 bits per heavy atom. The van der Waals surface area contributed by atoms with Crippen LogP contribution in [0.4, 0.5) is 0 Å². The van der Waals surface area contributed by atoms with E-state index >= 15 is 0 Å². The Labute approximate surface area is 113 Å². The van der Waals surface area contributed by atoms with E-state index in [9.17, 15) is 0 Å². The van der Waals surface area contributed by atoms with Crippen LogP contribution in [0, 0.1) is 0 Å². The van der Waals surface area contributed by atoms with E-state index in [1.807, 2.05) is 21.7 Å². The molecule has 0 amide bonds. The van der Waals surface area contributed by atoms with Gasteiger partial charge in [-0.25, -0.2) is 0 Å². The van der Waals surface area contributed by atoms with Gasteiger partial charge in [0.2, 0.25) is 0 Å². The summed E-state index contributed by atoms with van der Waals surface area (Å²) in [6.07, 6.45) is 0. The van der Waals surface area contributed by atoms with E-state index in [1.54, 1.807) is 0 Å². The van der Waals surface area contributed by atoms with Crippen molar-refractivity contribution in [2.45, 2.75) is 17.9 Å². The van der Waals surface area contributed by atoms with Crippen LogP contribution in [0.25, 0.3) is 0 Å². The quantitative estimate of drug-likeness (QED) is 0.323. The molecule has 0 N–H and O–H groups in total. The first-order chi connectivity index (χ1) is 1.73. The van der Waals surface area contributed by atoms with Crippen molar-refractivity contribution < 1.29 is 76.2 Å². The molecule has 36 valence electrons. The minimum Gasteiger partial charge on any atom is -1.00 e. The number of hydrogen-bond donors (Lipinski definition) is 0. The standard InChI is InChI=1S/C3H7.2ClH.K.Mg/c1-3-2;;;;/h3H,1-2H3;2*1H;;/q;;;2*+1/p-2. The second kappa shape index (κ2) is 16.0. The fourth-order valence-electron chi connectivity index (χ4n) is 0. The van der Waals surface area contributed by atoms with Gasteiger partial charge in [0.1, 0.15) is 0 Å². The predicted molar refractivity (Wildman–Crippen MR) is 20.9 cm³/mol. The molecule has 0 aliphatic carbocycles. The summed E-state index contributed by atoms with van der Waals surface area (Å²) in [4.78, 5) is 0. The van der Waals surface area contributed by atoms with Gasteiger partial charge in [-0.05, 0) is 0 Å². The Kier molecular flexibility index (Phi) is 51.4. The summed E-state index contributed by atoms with van der Waals surface area (Å²) in [7, 11) is 0. The molecule has 0 radical (unpaired) electrons. The minimum absolute atomic E-state index is 0. The van der Waals surface area contributed by atoms with Gasteiger partial charge in [0.05, 0.1) is 0 Å². The molecule has 0 unspecified atom stereocenters. The fraction of sp³-hybridized carbons (Fsp3) is 1.00. The van der Waals surface area contributed by atoms with Crippen molar-refractivity contribution in [1.29, 1.82) is 0 Å². The second-order valence-corrected chi connectivity index (χ2v) is 3.03. The van der Waals surface area contributed by atoms with Crippen molar-refractivity contribution in [3.05, 3.63) is 0 Å². The molecule has 0 fully saturated rings. The van der Waals surface area contributed by atoms with Crippen LogP contribution >= 0.6 is 0 Å². The normalized spacial score (nSPS) is 5.29. The van der Waals surface area contributed by atoms with Crippen LogP contribution < -0.4 is 76.2 Å². The van der Waals surface area contributed by atoms with E-state index in [4.69, 9.17) is 0 Å². The fourth-order valence-corrected chi connectivity index (χ4v) is 0. The SMILES string of the molecule is C[CH](C)[Mg+].[Cl-].[Cl-].[K+]. The smallest absolute Gasteiger partial charge is 1.00 e. The molecule has 0 nitrogen and oxygen atoms in total. The molecule has 0 bridgehead atoms. The van der Waals surface area contributed by atoms with Gasteiger partial charge in [-0.2, -0.15) is 0 Å². The average Bonchev–Trinajstić information content (AvgIpc) is 0.811. The molecular formula is C3H7Cl2KMg. The summed E-state index contributed by atoms with van der Waals surface area (Å²) >= 11 is 2.00. The maximum atomic E-state index is 2.18.